The number of carbonyl (C=O) groups is 1. The zero-order valence-electron chi connectivity index (χ0n) is 20.3. The van der Waals surface area contributed by atoms with Crippen molar-refractivity contribution in [2.45, 2.75) is 40.0 Å². The molecule has 1 heterocycles. The number of rotatable bonds is 4. The summed E-state index contributed by atoms with van der Waals surface area (Å²) >= 11 is 0. The van der Waals surface area contributed by atoms with Gasteiger partial charge in [0.2, 0.25) is 0 Å². The number of aromatic nitrogens is 1. The molecule has 0 radical (unpaired) electrons. The number of aryl methyl sites for hydroxylation is 1. The molecule has 1 amide bonds. The van der Waals surface area contributed by atoms with E-state index in [1.54, 1.807) is 6.08 Å². The third-order valence-corrected chi connectivity index (χ3v) is 6.13. The molecule has 34 heavy (non-hydrogen) atoms. The standard InChI is InChI=1S/C30H29N3O/c1-20-16-24(21(2)33(20)28-14-11-26(12-15-28)30(3,4)5)17-25(19-31)29(34)32-27-13-10-22-8-6-7-9-23(22)18-27/h6-18H,1-5H3,(H,32,34)/b25-17-. The first-order valence-electron chi connectivity index (χ1n) is 11.4. The average Bonchev–Trinajstić information content (AvgIpc) is 3.09. The molecule has 4 rings (SSSR count). The van der Waals surface area contributed by atoms with Crippen LogP contribution in [-0.4, -0.2) is 10.5 Å². The summed E-state index contributed by atoms with van der Waals surface area (Å²) in [6.07, 6.45) is 1.67. The van der Waals surface area contributed by atoms with E-state index in [2.05, 4.69) is 61.0 Å². The topological polar surface area (TPSA) is 57.8 Å². The summed E-state index contributed by atoms with van der Waals surface area (Å²) in [5.74, 6) is -0.419. The minimum absolute atomic E-state index is 0.0662. The number of amides is 1. The van der Waals surface area contributed by atoms with Gasteiger partial charge in [0.05, 0.1) is 0 Å². The number of fused-ring (bicyclic) bond motifs is 1. The third kappa shape index (κ3) is 4.65. The van der Waals surface area contributed by atoms with Gasteiger partial charge in [0.25, 0.3) is 5.91 Å². The van der Waals surface area contributed by atoms with Crippen LogP contribution in [0.5, 0.6) is 0 Å². The Labute approximate surface area is 201 Å². The van der Waals surface area contributed by atoms with Crippen molar-refractivity contribution < 1.29 is 4.79 Å². The number of nitriles is 1. The SMILES string of the molecule is Cc1cc(/C=C(/C#N)C(=O)Nc2ccc3ccccc3c2)c(C)n1-c1ccc(C(C)(C)C)cc1. The largest absolute Gasteiger partial charge is 0.321 e. The van der Waals surface area contributed by atoms with E-state index in [1.165, 1.54) is 5.56 Å². The van der Waals surface area contributed by atoms with Gasteiger partial charge in [-0.05, 0) is 77.6 Å². The van der Waals surface area contributed by atoms with E-state index in [9.17, 15) is 10.1 Å². The third-order valence-electron chi connectivity index (χ3n) is 6.13. The molecular weight excluding hydrogens is 418 g/mol. The highest BCUT2D eigenvalue weighted by Gasteiger charge is 2.16. The molecular formula is C30H29N3O. The van der Waals surface area contributed by atoms with Gasteiger partial charge in [-0.1, -0.05) is 63.2 Å². The van der Waals surface area contributed by atoms with Crippen LogP contribution in [0.1, 0.15) is 43.3 Å². The van der Waals surface area contributed by atoms with Crippen molar-refractivity contribution in [1.82, 2.24) is 4.57 Å². The van der Waals surface area contributed by atoms with E-state index in [-0.39, 0.29) is 11.0 Å². The van der Waals surface area contributed by atoms with E-state index in [1.807, 2.05) is 62.4 Å². The molecule has 0 unspecified atom stereocenters. The van der Waals surface area contributed by atoms with Crippen LogP contribution in [0.2, 0.25) is 0 Å². The van der Waals surface area contributed by atoms with Crippen LogP contribution in [0.15, 0.2) is 78.4 Å². The Morgan fingerprint density at radius 1 is 0.941 bits per heavy atom. The predicted molar refractivity (Wildman–Crippen MR) is 140 cm³/mol. The summed E-state index contributed by atoms with van der Waals surface area (Å²) in [6, 6.07) is 26.3. The van der Waals surface area contributed by atoms with Crippen molar-refractivity contribution >= 4 is 28.4 Å². The van der Waals surface area contributed by atoms with Gasteiger partial charge >= 0.3 is 0 Å². The van der Waals surface area contributed by atoms with Gasteiger partial charge in [-0.15, -0.1) is 0 Å². The molecule has 0 aliphatic carbocycles. The molecule has 0 fully saturated rings. The normalized spacial score (nSPS) is 11.9. The molecule has 1 N–H and O–H groups in total. The van der Waals surface area contributed by atoms with Gasteiger partial charge in [0.15, 0.2) is 0 Å². The summed E-state index contributed by atoms with van der Waals surface area (Å²) in [7, 11) is 0. The summed E-state index contributed by atoms with van der Waals surface area (Å²) in [5.41, 5.74) is 6.02. The maximum absolute atomic E-state index is 12.9. The first-order chi connectivity index (χ1) is 16.2. The van der Waals surface area contributed by atoms with Crippen molar-refractivity contribution in [2.24, 2.45) is 0 Å². The lowest BCUT2D eigenvalue weighted by molar-refractivity contribution is -0.112. The Morgan fingerprint density at radius 2 is 1.62 bits per heavy atom. The van der Waals surface area contributed by atoms with Gasteiger partial charge < -0.3 is 9.88 Å². The maximum atomic E-state index is 12.9. The molecule has 0 spiro atoms. The number of anilines is 1. The average molecular weight is 448 g/mol. The molecule has 4 heteroatoms. The highest BCUT2D eigenvalue weighted by molar-refractivity contribution is 6.10. The lowest BCUT2D eigenvalue weighted by Crippen LogP contribution is -2.13. The fraction of sp³-hybridized carbons (Fsp3) is 0.200. The van der Waals surface area contributed by atoms with Gasteiger partial charge in [-0.3, -0.25) is 4.79 Å². The molecule has 0 saturated carbocycles. The molecule has 0 bridgehead atoms. The smallest absolute Gasteiger partial charge is 0.266 e. The highest BCUT2D eigenvalue weighted by atomic mass is 16.1. The Hall–Kier alpha value is -4.10. The van der Waals surface area contributed by atoms with E-state index in [0.717, 1.165) is 33.4 Å². The number of benzene rings is 3. The van der Waals surface area contributed by atoms with Crippen LogP contribution in [0, 0.1) is 25.2 Å². The molecule has 0 aliphatic heterocycles. The van der Waals surface area contributed by atoms with Gasteiger partial charge in [-0.25, -0.2) is 0 Å². The van der Waals surface area contributed by atoms with Crippen molar-refractivity contribution in [1.29, 1.82) is 5.26 Å². The zero-order valence-corrected chi connectivity index (χ0v) is 20.3. The monoisotopic (exact) mass is 447 g/mol. The Kier molecular flexibility index (Phi) is 6.13. The second kappa shape index (κ2) is 9.03. The number of nitrogens with zero attached hydrogens (tertiary/aromatic N) is 2. The van der Waals surface area contributed by atoms with Crippen LogP contribution < -0.4 is 5.32 Å². The number of hydrogen-bond donors (Lipinski definition) is 1. The number of hydrogen-bond acceptors (Lipinski definition) is 2. The second-order valence-corrected chi connectivity index (χ2v) is 9.64. The molecule has 4 nitrogen and oxygen atoms in total. The highest BCUT2D eigenvalue weighted by Crippen LogP contribution is 2.27. The fourth-order valence-electron chi connectivity index (χ4n) is 4.21. The van der Waals surface area contributed by atoms with E-state index in [4.69, 9.17) is 0 Å². The van der Waals surface area contributed by atoms with Crippen molar-refractivity contribution in [2.75, 3.05) is 5.32 Å². The first-order valence-corrected chi connectivity index (χ1v) is 11.4. The lowest BCUT2D eigenvalue weighted by Gasteiger charge is -2.20. The Bertz CT molecular complexity index is 1440. The van der Waals surface area contributed by atoms with Crippen LogP contribution in [0.25, 0.3) is 22.5 Å². The molecule has 0 atom stereocenters. The predicted octanol–water partition coefficient (Wildman–Crippen LogP) is 7.09. The summed E-state index contributed by atoms with van der Waals surface area (Å²) in [4.78, 5) is 12.9. The molecule has 0 saturated heterocycles. The first kappa shape index (κ1) is 23.1. The van der Waals surface area contributed by atoms with Crippen LogP contribution in [0.3, 0.4) is 0 Å². The molecule has 4 aromatic rings. The summed E-state index contributed by atoms with van der Waals surface area (Å²) in [5, 5.41) is 14.7. The Morgan fingerprint density at radius 3 is 2.26 bits per heavy atom. The van der Waals surface area contributed by atoms with Gasteiger partial charge in [0, 0.05) is 22.8 Å². The van der Waals surface area contributed by atoms with Crippen molar-refractivity contribution in [3.63, 3.8) is 0 Å². The van der Waals surface area contributed by atoms with Crippen LogP contribution >= 0.6 is 0 Å². The van der Waals surface area contributed by atoms with E-state index >= 15 is 0 Å². The zero-order chi connectivity index (χ0) is 24.5. The molecule has 3 aromatic carbocycles. The minimum Gasteiger partial charge on any atom is -0.321 e. The van der Waals surface area contributed by atoms with Crippen molar-refractivity contribution in [3.05, 3.63) is 101 Å². The quantitative estimate of drug-likeness (QED) is 0.268. The van der Waals surface area contributed by atoms with Gasteiger partial charge in [0.1, 0.15) is 11.6 Å². The Balaban J connectivity index is 1.62. The van der Waals surface area contributed by atoms with Crippen LogP contribution in [-0.2, 0) is 10.2 Å². The molecule has 170 valence electrons. The number of nitrogens with one attached hydrogen (secondary N) is 1. The van der Waals surface area contributed by atoms with Crippen molar-refractivity contribution in [3.8, 4) is 11.8 Å². The van der Waals surface area contributed by atoms with E-state index in [0.29, 0.717) is 5.69 Å². The molecule has 1 aromatic heterocycles. The second-order valence-electron chi connectivity index (χ2n) is 9.64. The van der Waals surface area contributed by atoms with E-state index < -0.39 is 5.91 Å². The molecule has 0 aliphatic rings. The lowest BCUT2D eigenvalue weighted by atomic mass is 9.87. The van der Waals surface area contributed by atoms with Gasteiger partial charge in [-0.2, -0.15) is 5.26 Å². The van der Waals surface area contributed by atoms with Crippen LogP contribution in [0.4, 0.5) is 5.69 Å². The summed E-state index contributed by atoms with van der Waals surface area (Å²) < 4.78 is 2.15. The number of carbonyl (C=O) groups excluding carboxylic acids is 1. The fourth-order valence-corrected chi connectivity index (χ4v) is 4.21. The summed E-state index contributed by atoms with van der Waals surface area (Å²) in [6.45, 7) is 10.6. The maximum Gasteiger partial charge on any atom is 0.266 e. The minimum atomic E-state index is -0.419.